The maximum absolute atomic E-state index is 13.2. The number of amides is 1. The Morgan fingerprint density at radius 3 is 2.59 bits per heavy atom. The van der Waals surface area contributed by atoms with Crippen molar-refractivity contribution in [2.75, 3.05) is 7.05 Å². The molecule has 0 radical (unpaired) electrons. The van der Waals surface area contributed by atoms with Gasteiger partial charge in [-0.2, -0.15) is 0 Å². The molecule has 3 aliphatic carbocycles. The van der Waals surface area contributed by atoms with E-state index in [1.165, 1.54) is 73.4 Å². The number of hydrogen-bond acceptors (Lipinski definition) is 3. The summed E-state index contributed by atoms with van der Waals surface area (Å²) >= 11 is 0. The predicted molar refractivity (Wildman–Crippen MR) is 172 cm³/mol. The van der Waals surface area contributed by atoms with Gasteiger partial charge in [-0.1, -0.05) is 71.9 Å². The summed E-state index contributed by atoms with van der Waals surface area (Å²) in [6.45, 7) is 11.4. The summed E-state index contributed by atoms with van der Waals surface area (Å²) in [7, 11) is 1.89. The van der Waals surface area contributed by atoms with Gasteiger partial charge in [0.25, 0.3) is 0 Å². The number of nitrogens with one attached hydrogen (secondary N) is 3. The van der Waals surface area contributed by atoms with Crippen LogP contribution in [0, 0.1) is 36.0 Å². The van der Waals surface area contributed by atoms with E-state index in [-0.39, 0.29) is 28.9 Å². The summed E-state index contributed by atoms with van der Waals surface area (Å²) in [6, 6.07) is 6.92. The Morgan fingerprint density at radius 2 is 1.90 bits per heavy atom. The van der Waals surface area contributed by atoms with E-state index >= 15 is 0 Å². The van der Waals surface area contributed by atoms with E-state index in [9.17, 15) is 4.79 Å². The number of hydrogen-bond donors (Lipinski definition) is 4. The average molecular weight is 563 g/mol. The van der Waals surface area contributed by atoms with Gasteiger partial charge in [0.2, 0.25) is 5.91 Å². The van der Waals surface area contributed by atoms with Gasteiger partial charge in [0.15, 0.2) is 0 Å². The number of carbonyl (C=O) groups is 1. The van der Waals surface area contributed by atoms with E-state index in [0.29, 0.717) is 17.8 Å². The number of nitrogens with two attached hydrogens (primary N) is 1. The molecule has 5 nitrogen and oxygen atoms in total. The Balaban J connectivity index is 1.47. The number of aromatic amines is 1. The first-order valence-corrected chi connectivity index (χ1v) is 17.0. The van der Waals surface area contributed by atoms with Crippen LogP contribution in [0.15, 0.2) is 24.4 Å². The van der Waals surface area contributed by atoms with Crippen LogP contribution in [0.4, 0.5) is 0 Å². The standard InChI is InChI=1S/C36H58N4O/c1-7-11-32(40-34(41)31(8-2)38-6)24(4)35(5)17-16-27-19-26(25-12-9-10-13-25)20-30(36(27,37)22-35)29-21-39-33-18-23(3)14-15-28(29)33/h14-15,18,21,24-27,30-32,38-39H,7-13,16-17,19-20,22,37H2,1-6H3,(H,40,41). The summed E-state index contributed by atoms with van der Waals surface area (Å²) in [5, 5.41) is 8.06. The van der Waals surface area contributed by atoms with Crippen LogP contribution < -0.4 is 16.4 Å². The molecule has 3 saturated carbocycles. The monoisotopic (exact) mass is 562 g/mol. The number of fused-ring (bicyclic) bond motifs is 2. The number of rotatable bonds is 10. The van der Waals surface area contributed by atoms with Gasteiger partial charge in [0.05, 0.1) is 6.04 Å². The highest BCUT2D eigenvalue weighted by Gasteiger charge is 2.56. The molecular weight excluding hydrogens is 504 g/mol. The van der Waals surface area contributed by atoms with Crippen molar-refractivity contribution in [2.24, 2.45) is 34.8 Å². The molecule has 0 aliphatic heterocycles. The zero-order chi connectivity index (χ0) is 29.4. The normalized spacial score (nSPS) is 32.9. The van der Waals surface area contributed by atoms with Crippen LogP contribution in [0.1, 0.15) is 122 Å². The van der Waals surface area contributed by atoms with Crippen molar-refractivity contribution in [1.82, 2.24) is 15.6 Å². The quantitative estimate of drug-likeness (QED) is 0.241. The van der Waals surface area contributed by atoms with Gasteiger partial charge in [-0.05, 0) is 105 Å². The lowest BCUT2D eigenvalue weighted by Gasteiger charge is -2.59. The van der Waals surface area contributed by atoms with E-state index in [2.05, 4.69) is 74.6 Å². The summed E-state index contributed by atoms with van der Waals surface area (Å²) in [4.78, 5) is 16.8. The molecule has 3 aliphatic rings. The second kappa shape index (κ2) is 12.4. The van der Waals surface area contributed by atoms with Crippen LogP contribution in [0.5, 0.6) is 0 Å². The highest BCUT2D eigenvalue weighted by Crippen LogP contribution is 2.60. The van der Waals surface area contributed by atoms with Crippen molar-refractivity contribution in [1.29, 1.82) is 0 Å². The Morgan fingerprint density at radius 1 is 1.15 bits per heavy atom. The molecule has 3 fully saturated rings. The van der Waals surface area contributed by atoms with Crippen molar-refractivity contribution in [3.8, 4) is 0 Å². The van der Waals surface area contributed by atoms with E-state index < -0.39 is 0 Å². The second-order valence-electron chi connectivity index (χ2n) is 14.7. The SMILES string of the molecule is CCCC(NC(=O)C(CC)NC)C(C)C1(C)CCC2CC(C3CCCC3)CC(c3c[nH]c4cc(C)ccc34)C2(N)C1. The van der Waals surface area contributed by atoms with Gasteiger partial charge in [-0.25, -0.2) is 0 Å². The van der Waals surface area contributed by atoms with Gasteiger partial charge in [0.1, 0.15) is 0 Å². The minimum atomic E-state index is -0.228. The van der Waals surface area contributed by atoms with Crippen LogP contribution in [-0.2, 0) is 4.79 Å². The minimum absolute atomic E-state index is 0.0842. The van der Waals surface area contributed by atoms with Crippen LogP contribution >= 0.6 is 0 Å². The molecule has 228 valence electrons. The molecule has 1 amide bonds. The lowest BCUT2D eigenvalue weighted by atomic mass is 9.48. The lowest BCUT2D eigenvalue weighted by Crippen LogP contribution is -2.63. The molecule has 0 spiro atoms. The van der Waals surface area contributed by atoms with Crippen LogP contribution in [0.3, 0.4) is 0 Å². The fourth-order valence-corrected chi connectivity index (χ4v) is 9.65. The van der Waals surface area contributed by atoms with E-state index in [0.717, 1.165) is 37.5 Å². The zero-order valence-corrected chi connectivity index (χ0v) is 26.8. The maximum Gasteiger partial charge on any atom is 0.237 e. The molecule has 5 heteroatoms. The lowest BCUT2D eigenvalue weighted by molar-refractivity contribution is -0.125. The van der Waals surface area contributed by atoms with Crippen molar-refractivity contribution in [3.05, 3.63) is 35.5 Å². The first-order valence-electron chi connectivity index (χ1n) is 17.0. The third-order valence-corrected chi connectivity index (χ3v) is 12.3. The smallest absolute Gasteiger partial charge is 0.237 e. The Hall–Kier alpha value is -1.85. The first kappa shape index (κ1) is 30.6. The molecule has 1 aromatic carbocycles. The fraction of sp³-hybridized carbons (Fsp3) is 0.750. The van der Waals surface area contributed by atoms with Crippen molar-refractivity contribution in [2.45, 2.75) is 135 Å². The molecule has 8 unspecified atom stereocenters. The Labute approximate surface area is 249 Å². The fourth-order valence-electron chi connectivity index (χ4n) is 9.65. The molecule has 1 heterocycles. The summed E-state index contributed by atoms with van der Waals surface area (Å²) in [5.74, 6) is 3.11. The van der Waals surface area contributed by atoms with Gasteiger partial charge in [-0.15, -0.1) is 0 Å². The van der Waals surface area contributed by atoms with Crippen LogP contribution in [-0.4, -0.2) is 35.6 Å². The topological polar surface area (TPSA) is 82.9 Å². The average Bonchev–Trinajstić information content (AvgIpc) is 3.63. The van der Waals surface area contributed by atoms with Crippen molar-refractivity contribution >= 4 is 16.8 Å². The highest BCUT2D eigenvalue weighted by molar-refractivity contribution is 5.84. The third-order valence-electron chi connectivity index (χ3n) is 12.3. The summed E-state index contributed by atoms with van der Waals surface area (Å²) in [5.41, 5.74) is 11.7. The maximum atomic E-state index is 13.2. The molecule has 2 aromatic rings. The Kier molecular flexibility index (Phi) is 9.26. The number of aromatic nitrogens is 1. The molecule has 5 N–H and O–H groups in total. The number of benzene rings is 1. The van der Waals surface area contributed by atoms with E-state index in [4.69, 9.17) is 5.73 Å². The number of H-pyrrole nitrogens is 1. The van der Waals surface area contributed by atoms with Crippen molar-refractivity contribution in [3.63, 3.8) is 0 Å². The molecule has 0 bridgehead atoms. The van der Waals surface area contributed by atoms with Gasteiger partial charge < -0.3 is 21.4 Å². The molecule has 8 atom stereocenters. The van der Waals surface area contributed by atoms with Crippen molar-refractivity contribution < 1.29 is 4.79 Å². The third kappa shape index (κ3) is 5.87. The molecule has 5 rings (SSSR count). The number of carbonyl (C=O) groups excluding carboxylic acids is 1. The van der Waals surface area contributed by atoms with Gasteiger partial charge in [-0.3, -0.25) is 4.79 Å². The number of aryl methyl sites for hydroxylation is 1. The van der Waals surface area contributed by atoms with Gasteiger partial charge >= 0.3 is 0 Å². The van der Waals surface area contributed by atoms with Crippen LogP contribution in [0.25, 0.3) is 10.9 Å². The molecule has 0 saturated heterocycles. The number of likely N-dealkylation sites (N-methyl/N-ethyl adjacent to an activating group) is 1. The molecule has 1 aromatic heterocycles. The largest absolute Gasteiger partial charge is 0.361 e. The second-order valence-corrected chi connectivity index (χ2v) is 14.7. The zero-order valence-electron chi connectivity index (χ0n) is 26.8. The minimum Gasteiger partial charge on any atom is -0.361 e. The predicted octanol–water partition coefficient (Wildman–Crippen LogP) is 7.58. The Bertz CT molecular complexity index is 1180. The molecular formula is C36H58N4O. The van der Waals surface area contributed by atoms with Crippen LogP contribution in [0.2, 0.25) is 0 Å². The summed E-state index contributed by atoms with van der Waals surface area (Å²) < 4.78 is 0. The molecule has 41 heavy (non-hydrogen) atoms. The van der Waals surface area contributed by atoms with E-state index in [1.54, 1.807) is 0 Å². The van der Waals surface area contributed by atoms with Gasteiger partial charge in [0, 0.05) is 34.6 Å². The highest BCUT2D eigenvalue weighted by atomic mass is 16.2. The van der Waals surface area contributed by atoms with E-state index in [1.807, 2.05) is 7.05 Å². The summed E-state index contributed by atoms with van der Waals surface area (Å²) in [6.07, 6.45) is 16.8. The first-order chi connectivity index (χ1) is 19.6.